The summed E-state index contributed by atoms with van der Waals surface area (Å²) < 4.78 is 0. The molecule has 18 heavy (non-hydrogen) atoms. The normalized spacial score (nSPS) is 9.89. The molecule has 3 N–H and O–H groups in total. The Hall–Kier alpha value is -1.88. The van der Waals surface area contributed by atoms with Crippen molar-refractivity contribution in [3.05, 3.63) is 29.8 Å². The van der Waals surface area contributed by atoms with Gasteiger partial charge in [0.2, 0.25) is 5.91 Å². The van der Waals surface area contributed by atoms with E-state index in [1.165, 1.54) is 0 Å². The van der Waals surface area contributed by atoms with E-state index in [0.29, 0.717) is 17.8 Å². The van der Waals surface area contributed by atoms with E-state index < -0.39 is 0 Å². The molecule has 0 saturated carbocycles. The van der Waals surface area contributed by atoms with E-state index in [1.54, 1.807) is 31.3 Å². The van der Waals surface area contributed by atoms with Gasteiger partial charge in [-0.25, -0.2) is 0 Å². The molecule has 2 amide bonds. The Morgan fingerprint density at radius 1 is 1.28 bits per heavy atom. The Balaban J connectivity index is 2.67. The number of carbonyl (C=O) groups is 2. The van der Waals surface area contributed by atoms with E-state index in [-0.39, 0.29) is 18.4 Å². The van der Waals surface area contributed by atoms with Crippen molar-refractivity contribution in [1.29, 1.82) is 0 Å². The summed E-state index contributed by atoms with van der Waals surface area (Å²) in [6.07, 6.45) is 0.893. The molecule has 0 atom stereocenters. The minimum absolute atomic E-state index is 0.124. The van der Waals surface area contributed by atoms with Gasteiger partial charge in [-0.1, -0.05) is 13.0 Å². The average Bonchev–Trinajstić information content (AvgIpc) is 2.36. The lowest BCUT2D eigenvalue weighted by molar-refractivity contribution is -0.115. The molecule has 98 valence electrons. The molecule has 5 heteroatoms. The fourth-order valence-corrected chi connectivity index (χ4v) is 1.44. The quantitative estimate of drug-likeness (QED) is 0.704. The van der Waals surface area contributed by atoms with Crippen molar-refractivity contribution in [1.82, 2.24) is 10.6 Å². The highest BCUT2D eigenvalue weighted by Crippen LogP contribution is 2.10. The van der Waals surface area contributed by atoms with Crippen LogP contribution >= 0.6 is 0 Å². The maximum absolute atomic E-state index is 11.7. The van der Waals surface area contributed by atoms with E-state index in [2.05, 4.69) is 16.0 Å². The van der Waals surface area contributed by atoms with Gasteiger partial charge in [-0.15, -0.1) is 0 Å². The molecule has 5 nitrogen and oxygen atoms in total. The van der Waals surface area contributed by atoms with Crippen LogP contribution in [0.1, 0.15) is 23.7 Å². The Morgan fingerprint density at radius 2 is 2.06 bits per heavy atom. The van der Waals surface area contributed by atoms with E-state index in [4.69, 9.17) is 0 Å². The Kier molecular flexibility index (Phi) is 5.87. The third-order valence-electron chi connectivity index (χ3n) is 2.28. The van der Waals surface area contributed by atoms with Crippen LogP contribution in [-0.4, -0.2) is 32.0 Å². The molecule has 1 rings (SSSR count). The molecule has 0 bridgehead atoms. The Labute approximate surface area is 107 Å². The second-order valence-electron chi connectivity index (χ2n) is 3.92. The van der Waals surface area contributed by atoms with Crippen molar-refractivity contribution in [3.8, 4) is 0 Å². The van der Waals surface area contributed by atoms with Gasteiger partial charge in [0.25, 0.3) is 5.91 Å². The number of hydrogen-bond acceptors (Lipinski definition) is 3. The van der Waals surface area contributed by atoms with Gasteiger partial charge in [0.15, 0.2) is 0 Å². The SMILES string of the molecule is CCCNC(=O)c1cccc(NC(=O)CNC)c1. The van der Waals surface area contributed by atoms with Crippen LogP contribution in [0.25, 0.3) is 0 Å². The van der Waals surface area contributed by atoms with E-state index in [9.17, 15) is 9.59 Å². The van der Waals surface area contributed by atoms with Crippen LogP contribution in [0.2, 0.25) is 0 Å². The molecule has 0 fully saturated rings. The summed E-state index contributed by atoms with van der Waals surface area (Å²) in [6, 6.07) is 6.89. The Bertz CT molecular complexity index is 418. The van der Waals surface area contributed by atoms with Crippen LogP contribution in [0.3, 0.4) is 0 Å². The number of benzene rings is 1. The lowest BCUT2D eigenvalue weighted by Crippen LogP contribution is -2.26. The van der Waals surface area contributed by atoms with Gasteiger partial charge in [-0.05, 0) is 31.7 Å². The summed E-state index contributed by atoms with van der Waals surface area (Å²) in [5.74, 6) is -0.259. The molecular weight excluding hydrogens is 230 g/mol. The summed E-state index contributed by atoms with van der Waals surface area (Å²) in [6.45, 7) is 2.89. The monoisotopic (exact) mass is 249 g/mol. The number of nitrogens with one attached hydrogen (secondary N) is 3. The standard InChI is InChI=1S/C13H19N3O2/c1-3-7-15-13(18)10-5-4-6-11(8-10)16-12(17)9-14-2/h4-6,8,14H,3,7,9H2,1-2H3,(H,15,18)(H,16,17). The van der Waals surface area contributed by atoms with E-state index in [0.717, 1.165) is 6.42 Å². The second kappa shape index (κ2) is 7.45. The predicted molar refractivity (Wildman–Crippen MR) is 71.6 cm³/mol. The topological polar surface area (TPSA) is 70.2 Å². The van der Waals surface area contributed by atoms with Gasteiger partial charge in [-0.3, -0.25) is 9.59 Å². The lowest BCUT2D eigenvalue weighted by Gasteiger charge is -2.07. The van der Waals surface area contributed by atoms with Gasteiger partial charge >= 0.3 is 0 Å². The summed E-state index contributed by atoms with van der Waals surface area (Å²) >= 11 is 0. The zero-order valence-electron chi connectivity index (χ0n) is 10.7. The number of amides is 2. The van der Waals surface area contributed by atoms with E-state index >= 15 is 0 Å². The zero-order valence-corrected chi connectivity index (χ0v) is 10.7. The van der Waals surface area contributed by atoms with Gasteiger partial charge in [0.05, 0.1) is 6.54 Å². The van der Waals surface area contributed by atoms with Gasteiger partial charge in [0.1, 0.15) is 0 Å². The predicted octanol–water partition coefficient (Wildman–Crippen LogP) is 0.984. The van der Waals surface area contributed by atoms with Gasteiger partial charge < -0.3 is 16.0 Å². The molecule has 0 aliphatic rings. The number of rotatable bonds is 6. The largest absolute Gasteiger partial charge is 0.352 e. The fraction of sp³-hybridized carbons (Fsp3) is 0.385. The number of likely N-dealkylation sites (N-methyl/N-ethyl adjacent to an activating group) is 1. The zero-order chi connectivity index (χ0) is 13.4. The lowest BCUT2D eigenvalue weighted by atomic mass is 10.2. The molecular formula is C13H19N3O2. The van der Waals surface area contributed by atoms with Crippen molar-refractivity contribution >= 4 is 17.5 Å². The van der Waals surface area contributed by atoms with Crippen LogP contribution in [-0.2, 0) is 4.79 Å². The Morgan fingerprint density at radius 3 is 2.72 bits per heavy atom. The minimum Gasteiger partial charge on any atom is -0.352 e. The number of carbonyl (C=O) groups excluding carboxylic acids is 2. The molecule has 0 aliphatic heterocycles. The number of hydrogen-bond donors (Lipinski definition) is 3. The first-order chi connectivity index (χ1) is 8.67. The maximum Gasteiger partial charge on any atom is 0.251 e. The fourth-order valence-electron chi connectivity index (χ4n) is 1.44. The number of anilines is 1. The molecule has 0 spiro atoms. The molecule has 1 aromatic carbocycles. The van der Waals surface area contributed by atoms with Crippen LogP contribution in [0, 0.1) is 0 Å². The van der Waals surface area contributed by atoms with Crippen molar-refractivity contribution in [2.75, 3.05) is 25.5 Å². The summed E-state index contributed by atoms with van der Waals surface area (Å²) in [5.41, 5.74) is 1.17. The van der Waals surface area contributed by atoms with Crippen LogP contribution in [0.5, 0.6) is 0 Å². The highest BCUT2D eigenvalue weighted by Gasteiger charge is 2.06. The first-order valence-electron chi connectivity index (χ1n) is 6.00. The van der Waals surface area contributed by atoms with E-state index in [1.807, 2.05) is 6.92 Å². The van der Waals surface area contributed by atoms with Gasteiger partial charge in [0, 0.05) is 17.8 Å². The molecule has 0 aliphatic carbocycles. The summed E-state index contributed by atoms with van der Waals surface area (Å²) in [7, 11) is 1.70. The minimum atomic E-state index is -0.136. The van der Waals surface area contributed by atoms with Crippen LogP contribution in [0.15, 0.2) is 24.3 Å². The van der Waals surface area contributed by atoms with Crippen molar-refractivity contribution in [2.45, 2.75) is 13.3 Å². The summed E-state index contributed by atoms with van der Waals surface area (Å²) in [5, 5.41) is 8.26. The molecule has 0 unspecified atom stereocenters. The third kappa shape index (κ3) is 4.55. The first-order valence-corrected chi connectivity index (χ1v) is 6.00. The molecule has 0 radical (unpaired) electrons. The van der Waals surface area contributed by atoms with Crippen LogP contribution in [0.4, 0.5) is 5.69 Å². The molecule has 0 aromatic heterocycles. The van der Waals surface area contributed by atoms with Crippen molar-refractivity contribution in [3.63, 3.8) is 0 Å². The maximum atomic E-state index is 11.7. The summed E-state index contributed by atoms with van der Waals surface area (Å²) in [4.78, 5) is 23.1. The van der Waals surface area contributed by atoms with Gasteiger partial charge in [-0.2, -0.15) is 0 Å². The third-order valence-corrected chi connectivity index (χ3v) is 2.28. The van der Waals surface area contributed by atoms with Crippen molar-refractivity contribution in [2.24, 2.45) is 0 Å². The molecule has 0 saturated heterocycles. The smallest absolute Gasteiger partial charge is 0.251 e. The first kappa shape index (κ1) is 14.2. The second-order valence-corrected chi connectivity index (χ2v) is 3.92. The van der Waals surface area contributed by atoms with Crippen molar-refractivity contribution < 1.29 is 9.59 Å². The molecule has 1 aromatic rings. The average molecular weight is 249 g/mol. The molecule has 0 heterocycles. The highest BCUT2D eigenvalue weighted by atomic mass is 16.2. The highest BCUT2D eigenvalue weighted by molar-refractivity contribution is 5.97. The van der Waals surface area contributed by atoms with Crippen LogP contribution < -0.4 is 16.0 Å².